The van der Waals surface area contributed by atoms with Crippen LogP contribution in [-0.4, -0.2) is 56.2 Å². The van der Waals surface area contributed by atoms with E-state index >= 15 is 0 Å². The lowest BCUT2D eigenvalue weighted by Crippen LogP contribution is -2.49. The van der Waals surface area contributed by atoms with E-state index in [1.807, 2.05) is 6.07 Å². The zero-order valence-corrected chi connectivity index (χ0v) is 17.7. The topological polar surface area (TPSA) is 40.6 Å². The Labute approximate surface area is 170 Å². The van der Waals surface area contributed by atoms with Crippen molar-refractivity contribution < 1.29 is 8.42 Å². The van der Waals surface area contributed by atoms with Gasteiger partial charge in [0.05, 0.1) is 10.6 Å². The molecule has 0 saturated carbocycles. The van der Waals surface area contributed by atoms with Gasteiger partial charge in [0.25, 0.3) is 0 Å². The van der Waals surface area contributed by atoms with Crippen LogP contribution in [0.1, 0.15) is 31.7 Å². The average molecular weight is 401 g/mol. The fraction of sp³-hybridized carbons (Fsp3) is 0.478. The van der Waals surface area contributed by atoms with E-state index in [2.05, 4.69) is 47.1 Å². The molecule has 2 aromatic carbocycles. The van der Waals surface area contributed by atoms with Crippen LogP contribution >= 0.6 is 0 Å². The molecule has 1 unspecified atom stereocenters. The molecule has 5 heteroatoms. The van der Waals surface area contributed by atoms with Crippen LogP contribution in [0.3, 0.4) is 0 Å². The molecule has 0 N–H and O–H groups in total. The molecule has 1 fully saturated rings. The molecule has 0 bridgehead atoms. The summed E-state index contributed by atoms with van der Waals surface area (Å²) in [5.41, 5.74) is 1.34. The van der Waals surface area contributed by atoms with E-state index in [0.717, 1.165) is 39.0 Å². The van der Waals surface area contributed by atoms with Crippen LogP contribution < -0.4 is 0 Å². The Morgan fingerprint density at radius 3 is 2.36 bits per heavy atom. The second-order valence-corrected chi connectivity index (χ2v) is 9.79. The number of nitrogens with zero attached hydrogens (tertiary/aromatic N) is 2. The monoisotopic (exact) mass is 400 g/mol. The van der Waals surface area contributed by atoms with Crippen LogP contribution in [0.4, 0.5) is 0 Å². The van der Waals surface area contributed by atoms with Gasteiger partial charge < -0.3 is 0 Å². The van der Waals surface area contributed by atoms with Crippen molar-refractivity contribution in [2.75, 3.05) is 31.9 Å². The number of piperidine rings is 1. The highest BCUT2D eigenvalue weighted by Crippen LogP contribution is 2.19. The highest BCUT2D eigenvalue weighted by Gasteiger charge is 2.26. The molecule has 1 saturated heterocycles. The van der Waals surface area contributed by atoms with Crippen molar-refractivity contribution in [1.82, 2.24) is 9.80 Å². The standard InChI is InChI=1S/C23H32N2O2S/c1-2-15-25(17-18-28(26,27)23-13-7-4-8-14-23)22-12-9-16-24(20-22)19-21-10-5-3-6-11-21/h3-8,10-11,13-14,22H,2,9,12,15-20H2,1H3. The van der Waals surface area contributed by atoms with Gasteiger partial charge in [0, 0.05) is 25.7 Å². The van der Waals surface area contributed by atoms with Gasteiger partial charge in [0.2, 0.25) is 0 Å². The number of hydrogen-bond donors (Lipinski definition) is 0. The molecule has 0 amide bonds. The quantitative estimate of drug-likeness (QED) is 0.641. The van der Waals surface area contributed by atoms with Crippen LogP contribution in [0.15, 0.2) is 65.6 Å². The third-order valence-corrected chi connectivity index (χ3v) is 7.22. The van der Waals surface area contributed by atoms with E-state index in [0.29, 0.717) is 17.5 Å². The third kappa shape index (κ3) is 5.90. The molecule has 3 rings (SSSR count). The van der Waals surface area contributed by atoms with E-state index in [1.54, 1.807) is 24.3 Å². The predicted molar refractivity (Wildman–Crippen MR) is 115 cm³/mol. The molecular weight excluding hydrogens is 368 g/mol. The van der Waals surface area contributed by atoms with Crippen LogP contribution in [0, 0.1) is 0 Å². The van der Waals surface area contributed by atoms with Crippen molar-refractivity contribution in [3.8, 4) is 0 Å². The minimum atomic E-state index is -3.23. The van der Waals surface area contributed by atoms with Gasteiger partial charge in [-0.3, -0.25) is 9.80 Å². The zero-order valence-electron chi connectivity index (χ0n) is 16.8. The molecule has 4 nitrogen and oxygen atoms in total. The number of rotatable bonds is 9. The summed E-state index contributed by atoms with van der Waals surface area (Å²) in [6.45, 7) is 6.83. The summed E-state index contributed by atoms with van der Waals surface area (Å²) in [6.07, 6.45) is 3.36. The summed E-state index contributed by atoms with van der Waals surface area (Å²) < 4.78 is 25.4. The van der Waals surface area contributed by atoms with Crippen LogP contribution in [0.2, 0.25) is 0 Å². The second kappa shape index (κ2) is 10.2. The first-order chi connectivity index (χ1) is 13.6. The van der Waals surface area contributed by atoms with E-state index in [9.17, 15) is 8.42 Å². The second-order valence-electron chi connectivity index (χ2n) is 7.68. The van der Waals surface area contributed by atoms with Crippen molar-refractivity contribution in [1.29, 1.82) is 0 Å². The molecule has 1 aliphatic rings. The van der Waals surface area contributed by atoms with Gasteiger partial charge in [-0.25, -0.2) is 8.42 Å². The first kappa shape index (κ1) is 21.0. The number of benzene rings is 2. The molecule has 0 aliphatic carbocycles. The molecule has 0 spiro atoms. The Morgan fingerprint density at radius 1 is 1.00 bits per heavy atom. The van der Waals surface area contributed by atoms with Gasteiger partial charge >= 0.3 is 0 Å². The smallest absolute Gasteiger partial charge is 0.179 e. The Kier molecular flexibility index (Phi) is 7.65. The molecule has 1 atom stereocenters. The summed E-state index contributed by atoms with van der Waals surface area (Å²) in [4.78, 5) is 5.34. The van der Waals surface area contributed by atoms with Crippen molar-refractivity contribution in [3.05, 3.63) is 66.2 Å². The van der Waals surface area contributed by atoms with E-state index in [-0.39, 0.29) is 5.75 Å². The molecule has 28 heavy (non-hydrogen) atoms. The van der Waals surface area contributed by atoms with Gasteiger partial charge in [0.1, 0.15) is 0 Å². The lowest BCUT2D eigenvalue weighted by Gasteiger charge is -2.39. The summed E-state index contributed by atoms with van der Waals surface area (Å²) >= 11 is 0. The molecule has 0 aromatic heterocycles. The maximum absolute atomic E-state index is 12.7. The largest absolute Gasteiger partial charge is 0.298 e. The first-order valence-electron chi connectivity index (χ1n) is 10.4. The summed E-state index contributed by atoms with van der Waals surface area (Å²) in [7, 11) is -3.23. The molecular formula is C23H32N2O2S. The SMILES string of the molecule is CCCN(CCS(=O)(=O)c1ccccc1)C1CCCN(Cc2ccccc2)C1. The average Bonchev–Trinajstić information content (AvgIpc) is 2.73. The maximum Gasteiger partial charge on any atom is 0.179 e. The van der Waals surface area contributed by atoms with E-state index < -0.39 is 9.84 Å². The molecule has 152 valence electrons. The third-order valence-electron chi connectivity index (χ3n) is 5.51. The van der Waals surface area contributed by atoms with Gasteiger partial charge in [-0.15, -0.1) is 0 Å². The summed E-state index contributed by atoms with van der Waals surface area (Å²) in [5, 5.41) is 0. The fourth-order valence-electron chi connectivity index (χ4n) is 4.06. The zero-order chi connectivity index (χ0) is 19.8. The van der Waals surface area contributed by atoms with Crippen LogP contribution in [0.5, 0.6) is 0 Å². The maximum atomic E-state index is 12.7. The first-order valence-corrected chi connectivity index (χ1v) is 12.0. The summed E-state index contributed by atoms with van der Waals surface area (Å²) in [6, 6.07) is 19.9. The van der Waals surface area contributed by atoms with E-state index in [4.69, 9.17) is 0 Å². The highest BCUT2D eigenvalue weighted by molar-refractivity contribution is 7.91. The Bertz CT molecular complexity index is 809. The van der Waals surface area contributed by atoms with Crippen molar-refractivity contribution in [3.63, 3.8) is 0 Å². The van der Waals surface area contributed by atoms with Crippen molar-refractivity contribution in [2.24, 2.45) is 0 Å². The van der Waals surface area contributed by atoms with E-state index in [1.165, 1.54) is 12.0 Å². The van der Waals surface area contributed by atoms with Gasteiger partial charge in [-0.1, -0.05) is 55.5 Å². The Morgan fingerprint density at radius 2 is 1.68 bits per heavy atom. The lowest BCUT2D eigenvalue weighted by atomic mass is 10.0. The fourth-order valence-corrected chi connectivity index (χ4v) is 5.34. The summed E-state index contributed by atoms with van der Waals surface area (Å²) in [5.74, 6) is 0.187. The Hall–Kier alpha value is -1.69. The van der Waals surface area contributed by atoms with Crippen molar-refractivity contribution in [2.45, 2.75) is 43.7 Å². The molecule has 1 heterocycles. The minimum Gasteiger partial charge on any atom is -0.298 e. The van der Waals surface area contributed by atoms with Gasteiger partial charge in [-0.05, 0) is 50.0 Å². The van der Waals surface area contributed by atoms with Crippen LogP contribution in [-0.2, 0) is 16.4 Å². The van der Waals surface area contributed by atoms with Crippen molar-refractivity contribution >= 4 is 9.84 Å². The highest BCUT2D eigenvalue weighted by atomic mass is 32.2. The van der Waals surface area contributed by atoms with Gasteiger partial charge in [-0.2, -0.15) is 0 Å². The predicted octanol–water partition coefficient (Wildman–Crippen LogP) is 3.84. The molecule has 0 radical (unpaired) electrons. The van der Waals surface area contributed by atoms with Gasteiger partial charge in [0.15, 0.2) is 9.84 Å². The Balaban J connectivity index is 1.61. The lowest BCUT2D eigenvalue weighted by molar-refractivity contribution is 0.0973. The normalized spacial score (nSPS) is 18.4. The molecule has 2 aromatic rings. The molecule has 1 aliphatic heterocycles. The minimum absolute atomic E-state index is 0.187. The number of likely N-dealkylation sites (tertiary alicyclic amines) is 1. The van der Waals surface area contributed by atoms with Crippen LogP contribution in [0.25, 0.3) is 0 Å². The number of sulfone groups is 1. The number of hydrogen-bond acceptors (Lipinski definition) is 4.